The molecule has 43 heavy (non-hydrogen) atoms. The summed E-state index contributed by atoms with van der Waals surface area (Å²) in [6, 6.07) is 7.61. The molecule has 8 nitrogen and oxygen atoms in total. The van der Waals surface area contributed by atoms with Gasteiger partial charge in [0.15, 0.2) is 14.1 Å². The van der Waals surface area contributed by atoms with E-state index in [1.807, 2.05) is 18.4 Å². The number of carbonyl (C=O) groups excluding carboxylic acids is 2. The van der Waals surface area contributed by atoms with Crippen LogP contribution in [0.5, 0.6) is 0 Å². The van der Waals surface area contributed by atoms with Gasteiger partial charge in [-0.2, -0.15) is 13.2 Å². The van der Waals surface area contributed by atoms with Gasteiger partial charge >= 0.3 is 6.18 Å². The van der Waals surface area contributed by atoms with E-state index >= 15 is 0 Å². The molecule has 1 aromatic carbocycles. The first-order valence-electron chi connectivity index (χ1n) is 13.8. The van der Waals surface area contributed by atoms with E-state index in [2.05, 4.69) is 54.1 Å². The van der Waals surface area contributed by atoms with Crippen LogP contribution in [0.2, 0.25) is 18.1 Å². The van der Waals surface area contributed by atoms with E-state index in [0.29, 0.717) is 23.2 Å². The number of fused-ring (bicyclic) bond motifs is 1. The number of aromatic nitrogens is 4. The van der Waals surface area contributed by atoms with Crippen LogP contribution in [0.15, 0.2) is 61.3 Å². The molecule has 0 saturated carbocycles. The third-order valence-corrected chi connectivity index (χ3v) is 12.3. The van der Waals surface area contributed by atoms with Gasteiger partial charge in [-0.25, -0.2) is 15.0 Å². The molecule has 1 amide bonds. The molecule has 0 bridgehead atoms. The molecule has 0 aliphatic rings. The molecule has 4 aromatic rings. The van der Waals surface area contributed by atoms with Crippen LogP contribution in [0.4, 0.5) is 19.0 Å². The molecule has 0 saturated heterocycles. The van der Waals surface area contributed by atoms with Gasteiger partial charge in [0.2, 0.25) is 5.91 Å². The Hall–Kier alpha value is -3.90. The number of anilines is 1. The fourth-order valence-electron chi connectivity index (χ4n) is 4.24. The minimum atomic E-state index is -4.50. The van der Waals surface area contributed by atoms with Crippen LogP contribution in [0.25, 0.3) is 11.0 Å². The highest BCUT2D eigenvalue weighted by atomic mass is 28.4. The van der Waals surface area contributed by atoms with Crippen LogP contribution >= 0.6 is 0 Å². The summed E-state index contributed by atoms with van der Waals surface area (Å²) in [5.41, 5.74) is 0.168. The standard InChI is InChI=1S/C31H36F3N5O3Si/c1-29(2,3)43(6,7)42-18-30(4,5)39-17-24(23-16-35-19-37-28(23)39)27(41)21-11-12-25(36-15-21)38-26(40)14-20-9-8-10-22(13-20)31(32,33)34/h8-13,15-17,19H,14,18H2,1-7H3,(H,36,38,40). The number of nitrogens with one attached hydrogen (secondary N) is 1. The number of benzene rings is 1. The number of alkyl halides is 3. The summed E-state index contributed by atoms with van der Waals surface area (Å²) in [4.78, 5) is 38.9. The third kappa shape index (κ3) is 7.19. The zero-order valence-corrected chi connectivity index (χ0v) is 26.3. The number of amides is 1. The molecular weight excluding hydrogens is 575 g/mol. The van der Waals surface area contributed by atoms with E-state index in [9.17, 15) is 22.8 Å². The second-order valence-electron chi connectivity index (χ2n) is 12.7. The highest BCUT2D eigenvalue weighted by Crippen LogP contribution is 2.38. The zero-order valence-electron chi connectivity index (χ0n) is 25.3. The van der Waals surface area contributed by atoms with E-state index in [1.165, 1.54) is 36.8 Å². The van der Waals surface area contributed by atoms with Crippen LogP contribution in [-0.4, -0.2) is 46.1 Å². The number of hydrogen-bond donors (Lipinski definition) is 1. The predicted molar refractivity (Wildman–Crippen MR) is 161 cm³/mol. The molecule has 3 heterocycles. The normalized spacial score (nSPS) is 12.9. The summed E-state index contributed by atoms with van der Waals surface area (Å²) in [5.74, 6) is -0.662. The highest BCUT2D eigenvalue weighted by molar-refractivity contribution is 6.74. The maximum absolute atomic E-state index is 13.6. The first-order chi connectivity index (χ1) is 19.9. The molecule has 0 aliphatic heterocycles. The molecular formula is C31H36F3N5O3Si. The third-order valence-electron chi connectivity index (χ3n) is 7.87. The van der Waals surface area contributed by atoms with Crippen LogP contribution in [0.1, 0.15) is 61.7 Å². The number of hydrogen-bond acceptors (Lipinski definition) is 6. The monoisotopic (exact) mass is 611 g/mol. The molecule has 3 aromatic heterocycles. The number of carbonyl (C=O) groups is 2. The smallest absolute Gasteiger partial charge is 0.414 e. The van der Waals surface area contributed by atoms with Crippen LogP contribution in [0, 0.1) is 0 Å². The Morgan fingerprint density at radius 2 is 1.72 bits per heavy atom. The maximum Gasteiger partial charge on any atom is 0.416 e. The van der Waals surface area contributed by atoms with Crippen molar-refractivity contribution in [2.45, 2.75) is 70.9 Å². The fourth-order valence-corrected chi connectivity index (χ4v) is 5.39. The van der Waals surface area contributed by atoms with Gasteiger partial charge in [0.05, 0.1) is 29.7 Å². The topological polar surface area (TPSA) is 99.0 Å². The first kappa shape index (κ1) is 32.0. The Balaban J connectivity index is 1.52. The van der Waals surface area contributed by atoms with Crippen molar-refractivity contribution < 1.29 is 27.2 Å². The molecule has 0 unspecified atom stereocenters. The van der Waals surface area contributed by atoms with Crippen molar-refractivity contribution in [3.8, 4) is 0 Å². The summed E-state index contributed by atoms with van der Waals surface area (Å²) in [6.07, 6.45) is 1.40. The average Bonchev–Trinajstić information content (AvgIpc) is 3.32. The molecule has 0 fully saturated rings. The zero-order chi connectivity index (χ0) is 31.8. The van der Waals surface area contributed by atoms with Crippen molar-refractivity contribution in [1.82, 2.24) is 19.5 Å². The van der Waals surface area contributed by atoms with E-state index in [0.717, 1.165) is 12.1 Å². The lowest BCUT2D eigenvalue weighted by molar-refractivity contribution is -0.137. The van der Waals surface area contributed by atoms with E-state index in [-0.39, 0.29) is 34.2 Å². The molecule has 0 atom stereocenters. The summed E-state index contributed by atoms with van der Waals surface area (Å²) in [7, 11) is -2.03. The van der Waals surface area contributed by atoms with E-state index in [4.69, 9.17) is 4.43 Å². The van der Waals surface area contributed by atoms with Crippen LogP contribution in [-0.2, 0) is 27.4 Å². The Labute approximate surface area is 249 Å². The number of nitrogens with zero attached hydrogens (tertiary/aromatic N) is 4. The second-order valence-corrected chi connectivity index (χ2v) is 17.5. The van der Waals surface area contributed by atoms with Crippen LogP contribution < -0.4 is 5.32 Å². The lowest BCUT2D eigenvalue weighted by atomic mass is 10.1. The van der Waals surface area contributed by atoms with Crippen molar-refractivity contribution in [1.29, 1.82) is 0 Å². The largest absolute Gasteiger partial charge is 0.416 e. The lowest BCUT2D eigenvalue weighted by Gasteiger charge is -2.39. The number of rotatable bonds is 9. The Bertz CT molecular complexity index is 1640. The number of halogens is 3. The number of ketones is 1. The van der Waals surface area contributed by atoms with Crippen LogP contribution in [0.3, 0.4) is 0 Å². The fraction of sp³-hybridized carbons (Fsp3) is 0.387. The van der Waals surface area contributed by atoms with Gasteiger partial charge in [-0.05, 0) is 55.7 Å². The molecule has 1 N–H and O–H groups in total. The number of pyridine rings is 1. The van der Waals surface area contributed by atoms with Gasteiger partial charge < -0.3 is 14.3 Å². The highest BCUT2D eigenvalue weighted by Gasteiger charge is 2.39. The lowest BCUT2D eigenvalue weighted by Crippen LogP contribution is -2.45. The van der Waals surface area contributed by atoms with Gasteiger partial charge in [-0.15, -0.1) is 0 Å². The van der Waals surface area contributed by atoms with Crippen molar-refractivity contribution in [3.63, 3.8) is 0 Å². The first-order valence-corrected chi connectivity index (χ1v) is 16.7. The quantitative estimate of drug-likeness (QED) is 0.161. The minimum absolute atomic E-state index is 0.0436. The Kier molecular flexibility index (Phi) is 8.67. The summed E-state index contributed by atoms with van der Waals surface area (Å²) in [6.45, 7) is 15.4. The van der Waals surface area contributed by atoms with Gasteiger partial charge in [0, 0.05) is 29.5 Å². The molecule has 12 heteroatoms. The molecule has 228 valence electrons. The Morgan fingerprint density at radius 3 is 2.35 bits per heavy atom. The average molecular weight is 612 g/mol. The summed E-state index contributed by atoms with van der Waals surface area (Å²) >= 11 is 0. The maximum atomic E-state index is 13.6. The molecule has 0 spiro atoms. The Morgan fingerprint density at radius 1 is 1.00 bits per heavy atom. The summed E-state index contributed by atoms with van der Waals surface area (Å²) < 4.78 is 47.4. The van der Waals surface area contributed by atoms with Crippen molar-refractivity contribution in [2.24, 2.45) is 0 Å². The van der Waals surface area contributed by atoms with Gasteiger partial charge in [0.1, 0.15) is 17.8 Å². The van der Waals surface area contributed by atoms with E-state index < -0.39 is 31.5 Å². The predicted octanol–water partition coefficient (Wildman–Crippen LogP) is 7.01. The van der Waals surface area contributed by atoms with Gasteiger partial charge in [-0.3, -0.25) is 9.59 Å². The van der Waals surface area contributed by atoms with E-state index in [1.54, 1.807) is 12.4 Å². The summed E-state index contributed by atoms with van der Waals surface area (Å²) in [5, 5.41) is 3.20. The van der Waals surface area contributed by atoms with Crippen molar-refractivity contribution in [3.05, 3.63) is 83.6 Å². The molecule has 4 rings (SSSR count). The second kappa shape index (κ2) is 11.6. The van der Waals surface area contributed by atoms with Crippen molar-refractivity contribution in [2.75, 3.05) is 11.9 Å². The minimum Gasteiger partial charge on any atom is -0.414 e. The van der Waals surface area contributed by atoms with Gasteiger partial charge in [0.25, 0.3) is 0 Å². The molecule has 0 aliphatic carbocycles. The molecule has 0 radical (unpaired) electrons. The van der Waals surface area contributed by atoms with Crippen molar-refractivity contribution >= 4 is 36.9 Å². The SMILES string of the molecule is CC(C)(CO[Si](C)(C)C(C)(C)C)n1cc(C(=O)c2ccc(NC(=O)Cc3cccc(C(F)(F)F)c3)nc2)c2cncnc21. The van der Waals surface area contributed by atoms with Gasteiger partial charge in [-0.1, -0.05) is 39.0 Å².